The molecule has 3 rings (SSSR count). The molecule has 1 aromatic carbocycles. The lowest BCUT2D eigenvalue weighted by Gasteiger charge is -1.99. The minimum atomic E-state index is -0.134. The highest BCUT2D eigenvalue weighted by atomic mass is 16.1. The first-order valence-corrected chi connectivity index (χ1v) is 4.83. The predicted octanol–water partition coefficient (Wildman–Crippen LogP) is 0.974. The lowest BCUT2D eigenvalue weighted by molar-refractivity contribution is 0.103. The largest absolute Gasteiger partial charge is 0.366 e. The molecule has 0 aliphatic heterocycles. The van der Waals surface area contributed by atoms with Gasteiger partial charge in [-0.1, -0.05) is 17.7 Å². The van der Waals surface area contributed by atoms with Crippen molar-refractivity contribution in [2.45, 2.75) is 6.92 Å². The quantitative estimate of drug-likeness (QED) is 0.600. The topological polar surface area (TPSA) is 81.8 Å². The molecule has 0 radical (unpaired) electrons. The van der Waals surface area contributed by atoms with E-state index < -0.39 is 0 Å². The zero-order valence-corrected chi connectivity index (χ0v) is 8.56. The normalized spacial score (nSPS) is 12.4. The Labute approximate surface area is 91.3 Å². The van der Waals surface area contributed by atoms with Gasteiger partial charge in [-0.2, -0.15) is 0 Å². The summed E-state index contributed by atoms with van der Waals surface area (Å²) in [5.41, 5.74) is 8.78. The van der Waals surface area contributed by atoms with Gasteiger partial charge in [0.15, 0.2) is 5.69 Å². The Morgan fingerprint density at radius 2 is 1.94 bits per heavy atom. The Balaban J connectivity index is 2.37. The number of nitrogens with two attached hydrogens (primary N) is 1. The van der Waals surface area contributed by atoms with Gasteiger partial charge in [-0.25, -0.2) is 4.98 Å². The standard InChI is InChI=1S/C11H8N4O/c1-5-2-3-6-7(4-5)8-9(10(6)16)14-15-11(12)13-8/h2-4H,1H3,(H2,12,13,15). The molecule has 78 valence electrons. The Kier molecular flexibility index (Phi) is 1.60. The summed E-state index contributed by atoms with van der Waals surface area (Å²) in [5.74, 6) is -0.0501. The third kappa shape index (κ3) is 1.05. The van der Waals surface area contributed by atoms with Crippen LogP contribution in [0.25, 0.3) is 11.3 Å². The summed E-state index contributed by atoms with van der Waals surface area (Å²) in [4.78, 5) is 16.0. The van der Waals surface area contributed by atoms with E-state index in [9.17, 15) is 4.79 Å². The van der Waals surface area contributed by atoms with Crippen molar-refractivity contribution in [1.29, 1.82) is 0 Å². The van der Waals surface area contributed by atoms with Gasteiger partial charge in [0.1, 0.15) is 5.69 Å². The maximum absolute atomic E-state index is 11.9. The van der Waals surface area contributed by atoms with Gasteiger partial charge < -0.3 is 5.73 Å². The van der Waals surface area contributed by atoms with Gasteiger partial charge >= 0.3 is 0 Å². The molecule has 5 heteroatoms. The van der Waals surface area contributed by atoms with Gasteiger partial charge in [0, 0.05) is 11.1 Å². The van der Waals surface area contributed by atoms with Crippen LogP contribution in [-0.2, 0) is 0 Å². The zero-order valence-electron chi connectivity index (χ0n) is 8.56. The molecule has 1 aliphatic carbocycles. The number of nitrogens with zero attached hydrogens (tertiary/aromatic N) is 3. The molecule has 0 unspecified atom stereocenters. The molecule has 0 spiro atoms. The summed E-state index contributed by atoms with van der Waals surface area (Å²) in [5, 5.41) is 7.40. The first-order chi connectivity index (χ1) is 7.66. The average Bonchev–Trinajstić information content (AvgIpc) is 2.52. The fourth-order valence-electron chi connectivity index (χ4n) is 1.86. The minimum Gasteiger partial charge on any atom is -0.366 e. The number of aryl methyl sites for hydroxylation is 1. The molecule has 0 saturated heterocycles. The van der Waals surface area contributed by atoms with Gasteiger partial charge in [0.05, 0.1) is 0 Å². The van der Waals surface area contributed by atoms with Crippen molar-refractivity contribution in [2.24, 2.45) is 0 Å². The fraction of sp³-hybridized carbons (Fsp3) is 0.0909. The molecule has 5 nitrogen and oxygen atoms in total. The van der Waals surface area contributed by atoms with Crippen LogP contribution in [0.15, 0.2) is 18.2 Å². The van der Waals surface area contributed by atoms with E-state index in [1.807, 2.05) is 19.1 Å². The highest BCUT2D eigenvalue weighted by Gasteiger charge is 2.30. The van der Waals surface area contributed by atoms with E-state index in [-0.39, 0.29) is 17.4 Å². The predicted molar refractivity (Wildman–Crippen MR) is 57.8 cm³/mol. The summed E-state index contributed by atoms with van der Waals surface area (Å²) in [7, 11) is 0. The summed E-state index contributed by atoms with van der Waals surface area (Å²) in [6.07, 6.45) is 0. The van der Waals surface area contributed by atoms with Crippen molar-refractivity contribution < 1.29 is 4.79 Å². The second kappa shape index (κ2) is 2.85. The number of rotatable bonds is 0. The molecule has 1 aromatic heterocycles. The monoisotopic (exact) mass is 212 g/mol. The van der Waals surface area contributed by atoms with Crippen LogP contribution in [-0.4, -0.2) is 21.0 Å². The molecular weight excluding hydrogens is 204 g/mol. The molecule has 1 aliphatic rings. The lowest BCUT2D eigenvalue weighted by atomic mass is 10.1. The highest BCUT2D eigenvalue weighted by Crippen LogP contribution is 2.34. The average molecular weight is 212 g/mol. The summed E-state index contributed by atoms with van der Waals surface area (Å²) >= 11 is 0. The van der Waals surface area contributed by atoms with Crippen LogP contribution in [0.5, 0.6) is 0 Å². The Morgan fingerprint density at radius 1 is 1.12 bits per heavy atom. The second-order valence-electron chi connectivity index (χ2n) is 3.75. The Morgan fingerprint density at radius 3 is 2.75 bits per heavy atom. The van der Waals surface area contributed by atoms with E-state index in [1.54, 1.807) is 6.07 Å². The smallest absolute Gasteiger partial charge is 0.240 e. The number of carbonyl (C=O) groups excluding carboxylic acids is 1. The van der Waals surface area contributed by atoms with Crippen LogP contribution in [0.1, 0.15) is 21.6 Å². The van der Waals surface area contributed by atoms with Crippen molar-refractivity contribution in [1.82, 2.24) is 15.2 Å². The third-order valence-electron chi connectivity index (χ3n) is 2.59. The van der Waals surface area contributed by atoms with E-state index >= 15 is 0 Å². The van der Waals surface area contributed by atoms with Gasteiger partial charge in [-0.15, -0.1) is 10.2 Å². The molecule has 0 fully saturated rings. The van der Waals surface area contributed by atoms with E-state index in [0.717, 1.165) is 11.1 Å². The molecular formula is C11H8N4O. The first-order valence-electron chi connectivity index (χ1n) is 4.83. The fourth-order valence-corrected chi connectivity index (χ4v) is 1.86. The van der Waals surface area contributed by atoms with Gasteiger partial charge in [0.2, 0.25) is 11.7 Å². The van der Waals surface area contributed by atoms with Crippen molar-refractivity contribution in [2.75, 3.05) is 5.73 Å². The number of hydrogen-bond donors (Lipinski definition) is 1. The number of aromatic nitrogens is 3. The molecule has 1 heterocycles. The van der Waals surface area contributed by atoms with E-state index in [0.29, 0.717) is 11.3 Å². The molecule has 0 amide bonds. The lowest BCUT2D eigenvalue weighted by Crippen LogP contribution is -2.04. The number of fused-ring (bicyclic) bond motifs is 3. The SMILES string of the molecule is Cc1ccc2c(c1)-c1nc(N)nnc1C2=O. The maximum atomic E-state index is 11.9. The number of anilines is 1. The van der Waals surface area contributed by atoms with Crippen LogP contribution in [0, 0.1) is 6.92 Å². The van der Waals surface area contributed by atoms with Gasteiger partial charge in [-0.05, 0) is 13.0 Å². The Bertz CT molecular complexity index is 568. The molecule has 16 heavy (non-hydrogen) atoms. The molecule has 2 aromatic rings. The molecule has 0 saturated carbocycles. The second-order valence-corrected chi connectivity index (χ2v) is 3.75. The molecule has 0 atom stereocenters. The van der Waals surface area contributed by atoms with Gasteiger partial charge in [-0.3, -0.25) is 4.79 Å². The van der Waals surface area contributed by atoms with Crippen LogP contribution < -0.4 is 5.73 Å². The van der Waals surface area contributed by atoms with Gasteiger partial charge in [0.25, 0.3) is 0 Å². The number of benzene rings is 1. The summed E-state index contributed by atoms with van der Waals surface area (Å²) < 4.78 is 0. The summed E-state index contributed by atoms with van der Waals surface area (Å²) in [6.45, 7) is 1.96. The van der Waals surface area contributed by atoms with Crippen LogP contribution >= 0.6 is 0 Å². The van der Waals surface area contributed by atoms with E-state index in [1.165, 1.54) is 0 Å². The van der Waals surface area contributed by atoms with E-state index in [2.05, 4.69) is 15.2 Å². The summed E-state index contributed by atoms with van der Waals surface area (Å²) in [6, 6.07) is 5.58. The van der Waals surface area contributed by atoms with Crippen molar-refractivity contribution in [3.63, 3.8) is 0 Å². The van der Waals surface area contributed by atoms with Crippen molar-refractivity contribution >= 4 is 11.7 Å². The van der Waals surface area contributed by atoms with Crippen molar-refractivity contribution in [3.05, 3.63) is 35.0 Å². The minimum absolute atomic E-state index is 0.0842. The van der Waals surface area contributed by atoms with Crippen LogP contribution in [0.2, 0.25) is 0 Å². The van der Waals surface area contributed by atoms with Crippen molar-refractivity contribution in [3.8, 4) is 11.3 Å². The molecule has 2 N–H and O–H groups in total. The van der Waals surface area contributed by atoms with E-state index in [4.69, 9.17) is 5.73 Å². The highest BCUT2D eigenvalue weighted by molar-refractivity contribution is 6.19. The number of carbonyl (C=O) groups is 1. The zero-order chi connectivity index (χ0) is 11.3. The Hall–Kier alpha value is -2.30. The van der Waals surface area contributed by atoms with Crippen LogP contribution in [0.3, 0.4) is 0 Å². The first kappa shape index (κ1) is 8.96. The number of nitrogen functional groups attached to an aromatic ring is 1. The number of hydrogen-bond acceptors (Lipinski definition) is 5. The molecule has 0 bridgehead atoms. The van der Waals surface area contributed by atoms with Crippen LogP contribution in [0.4, 0.5) is 5.95 Å². The third-order valence-corrected chi connectivity index (χ3v) is 2.59. The number of ketones is 1. The maximum Gasteiger partial charge on any atom is 0.240 e.